The fraction of sp³-hybridized carbons (Fsp3) is 0.529. The molecule has 73 heavy (non-hydrogen) atoms. The number of hydrogen-bond acceptors (Lipinski definition) is 18. The van der Waals surface area contributed by atoms with Gasteiger partial charge in [-0.25, -0.2) is 9.97 Å². The molecule has 2 amide bonds. The Morgan fingerprint density at radius 1 is 0.575 bits per heavy atom. The van der Waals surface area contributed by atoms with Crippen molar-refractivity contribution in [1.29, 1.82) is 0 Å². The van der Waals surface area contributed by atoms with E-state index in [1.807, 2.05) is 28.9 Å². The van der Waals surface area contributed by atoms with E-state index in [4.69, 9.17) is 28.4 Å². The number of imidazole rings is 2. The number of aromatic amines is 2. The molecule has 4 fully saturated rings. The molecule has 4 N–H and O–H groups in total. The molecule has 22 heteroatoms. The van der Waals surface area contributed by atoms with Gasteiger partial charge in [0.1, 0.15) is 37.5 Å². The van der Waals surface area contributed by atoms with Crippen LogP contribution in [-0.2, 0) is 0 Å². The molecular formula is C51H64N14O8. The van der Waals surface area contributed by atoms with Gasteiger partial charge in [0.15, 0.2) is 34.3 Å². The topological polar surface area (TPSA) is 235 Å². The van der Waals surface area contributed by atoms with Crippen molar-refractivity contribution in [3.8, 4) is 34.8 Å². The van der Waals surface area contributed by atoms with E-state index in [2.05, 4.69) is 60.3 Å². The van der Waals surface area contributed by atoms with Gasteiger partial charge in [-0.2, -0.15) is 19.9 Å². The van der Waals surface area contributed by atoms with Gasteiger partial charge in [0.25, 0.3) is 11.8 Å². The van der Waals surface area contributed by atoms with Crippen LogP contribution in [0, 0.1) is 0 Å². The molecule has 0 atom stereocenters. The Bertz CT molecular complexity index is 2900. The van der Waals surface area contributed by atoms with Gasteiger partial charge in [-0.3, -0.25) is 9.59 Å². The summed E-state index contributed by atoms with van der Waals surface area (Å²) in [6, 6.07) is 8.38. The first kappa shape index (κ1) is 48.1. The van der Waals surface area contributed by atoms with E-state index in [0.717, 1.165) is 51.9 Å². The summed E-state index contributed by atoms with van der Waals surface area (Å²) in [5, 5.41) is 6.39. The lowest BCUT2D eigenvalue weighted by atomic mass is 9.99. The number of piperidine rings is 4. The number of ether oxygens (including phenoxy) is 6. The number of nitrogens with one attached hydrogen (secondary N) is 4. The van der Waals surface area contributed by atoms with Crippen molar-refractivity contribution in [2.24, 2.45) is 0 Å². The third-order valence-corrected chi connectivity index (χ3v) is 14.6. The second-order valence-corrected chi connectivity index (χ2v) is 19.1. The summed E-state index contributed by atoms with van der Waals surface area (Å²) in [7, 11) is 1.54. The number of rotatable bonds is 11. The van der Waals surface area contributed by atoms with Crippen molar-refractivity contribution in [2.75, 3.05) is 103 Å². The number of hydrogen-bond donors (Lipinski definition) is 4. The molecular weight excluding hydrogens is 937 g/mol. The standard InChI is InChI=1S/C26H33N7O4.C25H31N7O4/c1-2-35-24-20-23(28-16-27-20)30-26(31-24)29-19-7-6-18(21-22(19)37-15-14-36-21)25(34)33-12-8-17(9-13-33)32-10-4-3-5-11-32;1-34-23-19-22(27-15-26-19)29-25(30-23)28-18-6-5-17(20-21(18)36-14-13-35-20)24(33)32-11-7-16(8-12-32)31-9-3-2-4-10-31/h6-7,16-17H,2-5,8-15H2,1H3,(H2,27,28,29,30,31);5-6,15-16H,2-4,7-14H2,1H3,(H2,26,27,28,29,30). The fourth-order valence-corrected chi connectivity index (χ4v) is 10.9. The van der Waals surface area contributed by atoms with Crippen molar-refractivity contribution in [1.82, 2.24) is 59.5 Å². The highest BCUT2D eigenvalue weighted by Gasteiger charge is 2.34. The minimum Gasteiger partial charge on any atom is -0.485 e. The molecule has 386 valence electrons. The van der Waals surface area contributed by atoms with Crippen molar-refractivity contribution < 1.29 is 38.0 Å². The first-order valence-corrected chi connectivity index (χ1v) is 26.0. The number of amides is 2. The first-order valence-electron chi connectivity index (χ1n) is 26.0. The number of carbonyl (C=O) groups excluding carboxylic acids is 2. The van der Waals surface area contributed by atoms with Gasteiger partial charge in [-0.1, -0.05) is 12.8 Å². The molecule has 0 saturated carbocycles. The number of methoxy groups -OCH3 is 1. The van der Waals surface area contributed by atoms with Crippen molar-refractivity contribution >= 4 is 57.4 Å². The molecule has 6 aliphatic rings. The number of aromatic nitrogens is 8. The predicted octanol–water partition coefficient (Wildman–Crippen LogP) is 6.32. The van der Waals surface area contributed by atoms with Crippen LogP contribution in [0.5, 0.6) is 34.8 Å². The number of nitrogens with zero attached hydrogens (tertiary/aromatic N) is 10. The fourth-order valence-electron chi connectivity index (χ4n) is 10.9. The second-order valence-electron chi connectivity index (χ2n) is 19.1. The molecule has 0 radical (unpaired) electrons. The average Bonchev–Trinajstić information content (AvgIpc) is 4.14. The average molecular weight is 1000 g/mol. The minimum atomic E-state index is -0.0174. The van der Waals surface area contributed by atoms with E-state index >= 15 is 0 Å². The van der Waals surface area contributed by atoms with E-state index in [0.29, 0.717) is 137 Å². The Labute approximate surface area is 422 Å². The summed E-state index contributed by atoms with van der Waals surface area (Å²) in [5.41, 5.74) is 4.51. The number of anilines is 4. The Kier molecular flexibility index (Phi) is 14.4. The van der Waals surface area contributed by atoms with Crippen molar-refractivity contribution in [2.45, 2.75) is 83.2 Å². The number of likely N-dealkylation sites (tertiary alicyclic amines) is 4. The normalized spacial score (nSPS) is 18.8. The summed E-state index contributed by atoms with van der Waals surface area (Å²) in [5.74, 6) is 3.29. The smallest absolute Gasteiger partial charge is 0.257 e. The van der Waals surface area contributed by atoms with E-state index in [9.17, 15) is 9.59 Å². The van der Waals surface area contributed by atoms with Gasteiger partial charge >= 0.3 is 0 Å². The van der Waals surface area contributed by atoms with Crippen LogP contribution in [0.25, 0.3) is 22.3 Å². The van der Waals surface area contributed by atoms with Crippen LogP contribution in [0.4, 0.5) is 23.3 Å². The van der Waals surface area contributed by atoms with Crippen LogP contribution in [0.15, 0.2) is 36.9 Å². The van der Waals surface area contributed by atoms with Crippen LogP contribution >= 0.6 is 0 Å². The van der Waals surface area contributed by atoms with Crippen molar-refractivity contribution in [3.05, 3.63) is 48.0 Å². The Hall–Kier alpha value is -7.20. The molecule has 12 rings (SSSR count). The quantitative estimate of drug-likeness (QED) is 0.111. The predicted molar refractivity (Wildman–Crippen MR) is 271 cm³/mol. The Morgan fingerprint density at radius 3 is 1.44 bits per heavy atom. The third kappa shape index (κ3) is 10.3. The number of H-pyrrole nitrogens is 2. The molecule has 6 aromatic rings. The van der Waals surface area contributed by atoms with E-state index < -0.39 is 0 Å². The lowest BCUT2D eigenvalue weighted by molar-refractivity contribution is 0.0575. The maximum absolute atomic E-state index is 13.6. The van der Waals surface area contributed by atoms with Gasteiger partial charge in [-0.05, 0) is 109 Å². The lowest BCUT2D eigenvalue weighted by Crippen LogP contribution is -2.48. The summed E-state index contributed by atoms with van der Waals surface area (Å²) in [4.78, 5) is 68.5. The highest BCUT2D eigenvalue weighted by atomic mass is 16.6. The maximum Gasteiger partial charge on any atom is 0.257 e. The van der Waals surface area contributed by atoms with Gasteiger partial charge in [0, 0.05) is 38.3 Å². The van der Waals surface area contributed by atoms with Gasteiger partial charge in [-0.15, -0.1) is 0 Å². The van der Waals surface area contributed by atoms with E-state index in [1.54, 1.807) is 31.9 Å². The lowest BCUT2D eigenvalue weighted by Gasteiger charge is -2.40. The molecule has 0 bridgehead atoms. The first-order chi connectivity index (χ1) is 35.9. The maximum atomic E-state index is 13.6. The number of carbonyl (C=O) groups is 2. The van der Waals surface area contributed by atoms with Gasteiger partial charge in [0.05, 0.1) is 48.9 Å². The summed E-state index contributed by atoms with van der Waals surface area (Å²) >= 11 is 0. The number of benzene rings is 2. The SMILES string of the molecule is CCOc1nc(Nc2ccc(C(=O)N3CCC(N4CCCCC4)CC3)c3c2OCCO3)nc2nc[nH]c12.COc1nc(Nc2ccc(C(=O)N3CCC(N4CCCCC4)CC3)c3c2OCCO3)nc2nc[nH]c12. The van der Waals surface area contributed by atoms with Crippen LogP contribution in [-0.4, -0.2) is 176 Å². The van der Waals surface area contributed by atoms with E-state index in [1.165, 1.54) is 64.7 Å². The highest BCUT2D eigenvalue weighted by molar-refractivity contribution is 6.00. The molecule has 0 spiro atoms. The van der Waals surface area contributed by atoms with Gasteiger partial charge in [0.2, 0.25) is 23.7 Å². The summed E-state index contributed by atoms with van der Waals surface area (Å²) in [6.07, 6.45) is 15.0. The van der Waals surface area contributed by atoms with Crippen molar-refractivity contribution in [3.63, 3.8) is 0 Å². The highest BCUT2D eigenvalue weighted by Crippen LogP contribution is 2.44. The minimum absolute atomic E-state index is 0.0155. The van der Waals surface area contributed by atoms with Crippen LogP contribution < -0.4 is 39.1 Å². The van der Waals surface area contributed by atoms with Crippen LogP contribution in [0.2, 0.25) is 0 Å². The van der Waals surface area contributed by atoms with E-state index in [-0.39, 0.29) is 11.8 Å². The Balaban J connectivity index is 0.000000157. The molecule has 22 nitrogen and oxygen atoms in total. The molecule has 10 heterocycles. The monoisotopic (exact) mass is 1000 g/mol. The largest absolute Gasteiger partial charge is 0.485 e. The molecule has 4 aromatic heterocycles. The molecule has 0 unspecified atom stereocenters. The third-order valence-electron chi connectivity index (χ3n) is 14.6. The Morgan fingerprint density at radius 2 is 1.00 bits per heavy atom. The summed E-state index contributed by atoms with van der Waals surface area (Å²) < 4.78 is 34.9. The molecule has 6 aliphatic heterocycles. The van der Waals surface area contributed by atoms with Crippen LogP contribution in [0.3, 0.4) is 0 Å². The zero-order chi connectivity index (χ0) is 49.7. The zero-order valence-corrected chi connectivity index (χ0v) is 41.6. The molecule has 0 aliphatic carbocycles. The van der Waals surface area contributed by atoms with Gasteiger partial charge < -0.3 is 68.6 Å². The molecule has 4 saturated heterocycles. The van der Waals surface area contributed by atoms with Crippen LogP contribution in [0.1, 0.15) is 91.8 Å². The zero-order valence-electron chi connectivity index (χ0n) is 41.6. The molecule has 2 aromatic carbocycles. The summed E-state index contributed by atoms with van der Waals surface area (Å²) in [6.45, 7) is 11.7. The number of fused-ring (bicyclic) bond motifs is 4. The second kappa shape index (κ2) is 21.9.